The van der Waals surface area contributed by atoms with Gasteiger partial charge in [-0.1, -0.05) is 18.2 Å². The molecule has 27 heavy (non-hydrogen) atoms. The summed E-state index contributed by atoms with van der Waals surface area (Å²) in [5, 5.41) is 0. The molecule has 1 unspecified atom stereocenters. The van der Waals surface area contributed by atoms with E-state index in [1.807, 2.05) is 30.1 Å². The zero-order valence-electron chi connectivity index (χ0n) is 16.8. The number of hydrogen-bond acceptors (Lipinski definition) is 3. The van der Waals surface area contributed by atoms with Crippen LogP contribution in [0.3, 0.4) is 0 Å². The number of likely N-dealkylation sites (N-methyl/N-ethyl adjacent to an activating group) is 1. The Morgan fingerprint density at radius 3 is 2.56 bits per heavy atom. The van der Waals surface area contributed by atoms with E-state index < -0.39 is 5.41 Å². The highest BCUT2D eigenvalue weighted by molar-refractivity contribution is 6.07. The Balaban J connectivity index is 1.46. The fourth-order valence-corrected chi connectivity index (χ4v) is 5.24. The van der Waals surface area contributed by atoms with E-state index in [4.69, 9.17) is 0 Å². The second kappa shape index (κ2) is 6.93. The van der Waals surface area contributed by atoms with Gasteiger partial charge in [0.05, 0.1) is 11.3 Å². The molecule has 2 amide bonds. The highest BCUT2D eigenvalue weighted by atomic mass is 16.2. The second-order valence-electron chi connectivity index (χ2n) is 8.72. The molecule has 4 rings (SSSR count). The summed E-state index contributed by atoms with van der Waals surface area (Å²) in [6.45, 7) is 7.76. The van der Waals surface area contributed by atoms with E-state index in [1.165, 1.54) is 0 Å². The summed E-state index contributed by atoms with van der Waals surface area (Å²) in [4.78, 5) is 32.4. The average molecular weight is 370 g/mol. The van der Waals surface area contributed by atoms with Gasteiger partial charge < -0.3 is 14.7 Å². The van der Waals surface area contributed by atoms with Gasteiger partial charge in [0.1, 0.15) is 0 Å². The second-order valence-corrected chi connectivity index (χ2v) is 8.72. The van der Waals surface area contributed by atoms with E-state index in [0.717, 1.165) is 50.0 Å². The van der Waals surface area contributed by atoms with E-state index >= 15 is 0 Å². The van der Waals surface area contributed by atoms with Gasteiger partial charge in [-0.25, -0.2) is 0 Å². The van der Waals surface area contributed by atoms with Gasteiger partial charge in [0.25, 0.3) is 0 Å². The lowest BCUT2D eigenvalue weighted by atomic mass is 9.73. The van der Waals surface area contributed by atoms with Crippen molar-refractivity contribution in [1.29, 1.82) is 0 Å². The normalized spacial score (nSPS) is 25.3. The molecule has 3 aliphatic rings. The number of carbonyl (C=O) groups excluding carboxylic acids is 2. The first-order valence-electron chi connectivity index (χ1n) is 10.3. The predicted octanol–water partition coefficient (Wildman–Crippen LogP) is 2.64. The van der Waals surface area contributed by atoms with Crippen molar-refractivity contribution in [3.8, 4) is 0 Å². The molecule has 5 heteroatoms. The van der Waals surface area contributed by atoms with Crippen LogP contribution in [0.2, 0.25) is 0 Å². The van der Waals surface area contributed by atoms with Crippen molar-refractivity contribution in [1.82, 2.24) is 9.80 Å². The third-order valence-corrected chi connectivity index (χ3v) is 6.96. The summed E-state index contributed by atoms with van der Waals surface area (Å²) in [5.41, 5.74) is 1.74. The molecule has 3 heterocycles. The SMILES string of the molecule is CC(C)N1CCCC(C(=O)N2CCC3(CC2)C(=O)N(C)c2ccccc23)C1. The molecular formula is C22H31N3O2. The molecule has 1 aromatic carbocycles. The molecule has 3 aliphatic heterocycles. The molecule has 0 radical (unpaired) electrons. The van der Waals surface area contributed by atoms with Crippen molar-refractivity contribution < 1.29 is 9.59 Å². The minimum absolute atomic E-state index is 0.115. The third-order valence-electron chi connectivity index (χ3n) is 6.96. The summed E-state index contributed by atoms with van der Waals surface area (Å²) in [5.74, 6) is 0.603. The Labute approximate surface area is 162 Å². The Morgan fingerprint density at radius 1 is 1.15 bits per heavy atom. The average Bonchev–Trinajstić information content (AvgIpc) is 2.91. The lowest BCUT2D eigenvalue weighted by Crippen LogP contribution is -2.53. The summed E-state index contributed by atoms with van der Waals surface area (Å²) in [6.07, 6.45) is 3.57. The van der Waals surface area contributed by atoms with E-state index in [1.54, 1.807) is 4.90 Å². The predicted molar refractivity (Wildman–Crippen MR) is 107 cm³/mol. The molecule has 0 saturated carbocycles. The van der Waals surface area contributed by atoms with Crippen molar-refractivity contribution in [3.63, 3.8) is 0 Å². The van der Waals surface area contributed by atoms with Crippen LogP contribution in [-0.4, -0.2) is 60.9 Å². The fourth-order valence-electron chi connectivity index (χ4n) is 5.24. The molecule has 2 fully saturated rings. The number of para-hydroxylation sites is 1. The molecule has 5 nitrogen and oxygen atoms in total. The largest absolute Gasteiger partial charge is 0.342 e. The van der Waals surface area contributed by atoms with E-state index in [-0.39, 0.29) is 11.8 Å². The van der Waals surface area contributed by atoms with Gasteiger partial charge in [-0.3, -0.25) is 9.59 Å². The molecular weight excluding hydrogens is 338 g/mol. The Morgan fingerprint density at radius 2 is 1.85 bits per heavy atom. The number of benzene rings is 1. The molecule has 1 spiro atoms. The number of piperidine rings is 2. The van der Waals surface area contributed by atoms with Gasteiger partial charge >= 0.3 is 0 Å². The van der Waals surface area contributed by atoms with Crippen LogP contribution >= 0.6 is 0 Å². The molecule has 1 atom stereocenters. The number of anilines is 1. The van der Waals surface area contributed by atoms with Crippen molar-refractivity contribution >= 4 is 17.5 Å². The van der Waals surface area contributed by atoms with E-state index in [9.17, 15) is 9.59 Å². The summed E-state index contributed by atoms with van der Waals surface area (Å²) in [7, 11) is 1.87. The summed E-state index contributed by atoms with van der Waals surface area (Å²) in [6, 6.07) is 8.63. The van der Waals surface area contributed by atoms with Crippen LogP contribution in [0.25, 0.3) is 0 Å². The van der Waals surface area contributed by atoms with E-state index in [0.29, 0.717) is 25.0 Å². The molecule has 2 saturated heterocycles. The number of likely N-dealkylation sites (tertiary alicyclic amines) is 2. The first-order valence-corrected chi connectivity index (χ1v) is 10.3. The number of carbonyl (C=O) groups is 2. The lowest BCUT2D eigenvalue weighted by molar-refractivity contribution is -0.141. The molecule has 146 valence electrons. The van der Waals surface area contributed by atoms with Crippen molar-refractivity contribution in [2.75, 3.05) is 38.1 Å². The number of rotatable bonds is 2. The maximum Gasteiger partial charge on any atom is 0.237 e. The first kappa shape index (κ1) is 18.5. The van der Waals surface area contributed by atoms with Crippen LogP contribution in [0, 0.1) is 5.92 Å². The van der Waals surface area contributed by atoms with Crippen molar-refractivity contribution in [3.05, 3.63) is 29.8 Å². The fraction of sp³-hybridized carbons (Fsp3) is 0.636. The zero-order valence-corrected chi connectivity index (χ0v) is 16.8. The van der Waals surface area contributed by atoms with Crippen LogP contribution in [0.5, 0.6) is 0 Å². The molecule has 0 aliphatic carbocycles. The highest BCUT2D eigenvalue weighted by Crippen LogP contribution is 2.47. The van der Waals surface area contributed by atoms with Crippen molar-refractivity contribution in [2.24, 2.45) is 5.92 Å². The van der Waals surface area contributed by atoms with Crippen LogP contribution in [0.15, 0.2) is 24.3 Å². The standard InChI is InChI=1S/C22H31N3O2/c1-16(2)25-12-6-7-17(15-25)20(26)24-13-10-22(11-14-24)18-8-4-5-9-19(18)23(3)21(22)27/h4-5,8-9,16-17H,6-7,10-15H2,1-3H3. The third kappa shape index (κ3) is 2.96. The van der Waals surface area contributed by atoms with Gasteiger partial charge in [-0.05, 0) is 57.7 Å². The van der Waals surface area contributed by atoms with Gasteiger partial charge in [0.15, 0.2) is 0 Å². The topological polar surface area (TPSA) is 43.9 Å². The van der Waals surface area contributed by atoms with Crippen LogP contribution in [-0.2, 0) is 15.0 Å². The van der Waals surface area contributed by atoms with Gasteiger partial charge in [-0.2, -0.15) is 0 Å². The number of amides is 2. The Bertz CT molecular complexity index is 737. The molecule has 0 aromatic heterocycles. The summed E-state index contributed by atoms with van der Waals surface area (Å²) >= 11 is 0. The maximum atomic E-state index is 13.1. The number of fused-ring (bicyclic) bond motifs is 2. The van der Waals surface area contributed by atoms with Crippen LogP contribution in [0.4, 0.5) is 5.69 Å². The zero-order chi connectivity index (χ0) is 19.2. The Kier molecular flexibility index (Phi) is 4.75. The number of nitrogens with zero attached hydrogens (tertiary/aromatic N) is 3. The van der Waals surface area contributed by atoms with Gasteiger partial charge in [0, 0.05) is 38.4 Å². The maximum absolute atomic E-state index is 13.1. The monoisotopic (exact) mass is 369 g/mol. The molecule has 1 aromatic rings. The highest BCUT2D eigenvalue weighted by Gasteiger charge is 2.51. The Hall–Kier alpha value is -1.88. The van der Waals surface area contributed by atoms with Crippen LogP contribution in [0.1, 0.15) is 45.1 Å². The molecule has 0 N–H and O–H groups in total. The minimum atomic E-state index is -0.432. The molecule has 0 bridgehead atoms. The smallest absolute Gasteiger partial charge is 0.237 e. The van der Waals surface area contributed by atoms with Crippen molar-refractivity contribution in [2.45, 2.75) is 51.0 Å². The summed E-state index contributed by atoms with van der Waals surface area (Å²) < 4.78 is 0. The lowest BCUT2D eigenvalue weighted by Gasteiger charge is -2.41. The quantitative estimate of drug-likeness (QED) is 0.805. The number of hydrogen-bond donors (Lipinski definition) is 0. The first-order chi connectivity index (χ1) is 12.9. The minimum Gasteiger partial charge on any atom is -0.342 e. The van der Waals surface area contributed by atoms with Gasteiger partial charge in [-0.15, -0.1) is 0 Å². The van der Waals surface area contributed by atoms with Crippen LogP contribution < -0.4 is 4.90 Å². The van der Waals surface area contributed by atoms with E-state index in [2.05, 4.69) is 24.8 Å². The van der Waals surface area contributed by atoms with Gasteiger partial charge in [0.2, 0.25) is 11.8 Å².